The van der Waals surface area contributed by atoms with Crippen LogP contribution in [0.3, 0.4) is 0 Å². The Morgan fingerprint density at radius 3 is 2.15 bits per heavy atom. The summed E-state index contributed by atoms with van der Waals surface area (Å²) in [7, 11) is 7.01. The predicted molar refractivity (Wildman–Crippen MR) is 147 cm³/mol. The number of fused-ring (bicyclic) bond motifs is 2. The Balaban J connectivity index is 0.000000164. The van der Waals surface area contributed by atoms with E-state index in [4.69, 9.17) is 9.84 Å². The number of benzene rings is 2. The maximum Gasteiger partial charge on any atom is 0.332 e. The number of rotatable bonds is 6. The van der Waals surface area contributed by atoms with E-state index in [0.29, 0.717) is 17.9 Å². The molecule has 204 valence electrons. The average Bonchev–Trinajstić information content (AvgIpc) is 3.34. The van der Waals surface area contributed by atoms with Gasteiger partial charge in [0.1, 0.15) is 6.54 Å². The summed E-state index contributed by atoms with van der Waals surface area (Å²) in [5, 5.41) is 8.70. The lowest BCUT2D eigenvalue weighted by Gasteiger charge is -2.45. The molecule has 0 fully saturated rings. The van der Waals surface area contributed by atoms with Gasteiger partial charge in [-0.1, -0.05) is 48.5 Å². The molecule has 4 aromatic rings. The Hall–Kier alpha value is -4.02. The van der Waals surface area contributed by atoms with Gasteiger partial charge in [0, 0.05) is 32.5 Å². The lowest BCUT2D eigenvalue weighted by Crippen LogP contribution is -2.38. The number of carbonyl (C=O) groups is 1. The van der Waals surface area contributed by atoms with Crippen molar-refractivity contribution in [3.05, 3.63) is 98.0 Å². The molecule has 3 aliphatic rings. The maximum absolute atomic E-state index is 11.9. The van der Waals surface area contributed by atoms with Crippen LogP contribution in [0.2, 0.25) is 0 Å². The van der Waals surface area contributed by atoms with Crippen LogP contribution < -0.4 is 11.2 Å². The third kappa shape index (κ3) is 4.81. The summed E-state index contributed by atoms with van der Waals surface area (Å²) in [5.41, 5.74) is 5.22. The first kappa shape index (κ1) is 26.6. The van der Waals surface area contributed by atoms with Gasteiger partial charge in [-0.15, -0.1) is 0 Å². The van der Waals surface area contributed by atoms with Crippen molar-refractivity contribution >= 4 is 17.1 Å². The third-order valence-electron chi connectivity index (χ3n) is 7.65. The Morgan fingerprint density at radius 1 is 1.00 bits per heavy atom. The number of aliphatic carboxylic acids is 1. The van der Waals surface area contributed by atoms with Gasteiger partial charge in [-0.3, -0.25) is 18.7 Å². The first-order valence-electron chi connectivity index (χ1n) is 13.0. The summed E-state index contributed by atoms with van der Waals surface area (Å²) < 4.78 is 9.63. The molecule has 0 spiro atoms. The molecule has 0 aliphatic heterocycles. The highest BCUT2D eigenvalue weighted by Crippen LogP contribution is 2.53. The Morgan fingerprint density at radius 2 is 1.59 bits per heavy atom. The van der Waals surface area contributed by atoms with E-state index >= 15 is 0 Å². The molecule has 0 saturated heterocycles. The second-order valence-corrected chi connectivity index (χ2v) is 10.4. The van der Waals surface area contributed by atoms with Gasteiger partial charge in [-0.2, -0.15) is 0 Å². The van der Waals surface area contributed by atoms with Crippen LogP contribution in [0, 0.1) is 0 Å². The van der Waals surface area contributed by atoms with E-state index in [1.54, 1.807) is 0 Å². The summed E-state index contributed by atoms with van der Waals surface area (Å²) in [6.07, 6.45) is 2.67. The molecule has 1 unspecified atom stereocenters. The summed E-state index contributed by atoms with van der Waals surface area (Å²) in [6.45, 7) is 1.42. The van der Waals surface area contributed by atoms with E-state index in [1.165, 1.54) is 51.8 Å². The standard InChI is InChI=1S/C20H23NO.C9H10N4O4/c1-21(2)11-12-22-19-13-18-14-7-3-5-9-16(14)20(19)17-10-6-4-8-15(17)18;1-11-7-6(8(16)12(2)9(11)17)13(4-10-7)3-5(14)15/h3-10,18-20H,11-13H2,1-2H3;4H,3H2,1-2H3,(H,14,15). The van der Waals surface area contributed by atoms with Gasteiger partial charge < -0.3 is 19.3 Å². The first-order chi connectivity index (χ1) is 18.7. The van der Waals surface area contributed by atoms with E-state index in [-0.39, 0.29) is 17.7 Å². The van der Waals surface area contributed by atoms with Gasteiger partial charge in [0.15, 0.2) is 11.2 Å². The fourth-order valence-corrected chi connectivity index (χ4v) is 5.79. The minimum atomic E-state index is -1.08. The lowest BCUT2D eigenvalue weighted by atomic mass is 9.62. The van der Waals surface area contributed by atoms with Gasteiger partial charge in [-0.25, -0.2) is 9.78 Å². The van der Waals surface area contributed by atoms with E-state index in [9.17, 15) is 14.4 Å². The monoisotopic (exact) mass is 531 g/mol. The number of aromatic nitrogens is 4. The molecule has 1 N–H and O–H groups in total. The van der Waals surface area contributed by atoms with Crippen LogP contribution in [0.15, 0.2) is 64.4 Å². The summed E-state index contributed by atoms with van der Waals surface area (Å²) >= 11 is 0. The van der Waals surface area contributed by atoms with Gasteiger partial charge in [0.2, 0.25) is 0 Å². The second kappa shape index (κ2) is 10.6. The molecular formula is C29H33N5O5. The highest BCUT2D eigenvalue weighted by atomic mass is 16.5. The lowest BCUT2D eigenvalue weighted by molar-refractivity contribution is -0.137. The summed E-state index contributed by atoms with van der Waals surface area (Å²) in [6, 6.07) is 17.9. The molecule has 1 atom stereocenters. The van der Waals surface area contributed by atoms with Crippen LogP contribution >= 0.6 is 0 Å². The van der Waals surface area contributed by atoms with Gasteiger partial charge in [0.05, 0.1) is 19.0 Å². The molecule has 2 aromatic carbocycles. The zero-order chi connectivity index (χ0) is 27.8. The van der Waals surface area contributed by atoms with E-state index in [0.717, 1.165) is 24.1 Å². The Kier molecular flexibility index (Phi) is 7.24. The zero-order valence-electron chi connectivity index (χ0n) is 22.6. The van der Waals surface area contributed by atoms with Crippen molar-refractivity contribution in [1.29, 1.82) is 0 Å². The first-order valence-corrected chi connectivity index (χ1v) is 13.0. The molecule has 0 saturated carbocycles. The molecule has 7 rings (SSSR count). The van der Waals surface area contributed by atoms with Crippen LogP contribution in [0.4, 0.5) is 0 Å². The number of carboxylic acid groups (broad SMARTS) is 1. The van der Waals surface area contributed by atoms with Crippen molar-refractivity contribution in [3.8, 4) is 0 Å². The van der Waals surface area contributed by atoms with Crippen LogP contribution in [0.5, 0.6) is 0 Å². The van der Waals surface area contributed by atoms with Crippen molar-refractivity contribution < 1.29 is 14.6 Å². The Bertz CT molecular complexity index is 1600. The minimum absolute atomic E-state index is 0.108. The van der Waals surface area contributed by atoms with Crippen molar-refractivity contribution in [1.82, 2.24) is 23.6 Å². The number of likely N-dealkylation sites (N-methyl/N-ethyl adjacent to an activating group) is 1. The summed E-state index contributed by atoms with van der Waals surface area (Å²) in [4.78, 5) is 40.2. The molecule has 0 amide bonds. The van der Waals surface area contributed by atoms with Gasteiger partial charge in [0.25, 0.3) is 5.56 Å². The highest BCUT2D eigenvalue weighted by Gasteiger charge is 2.43. The van der Waals surface area contributed by atoms with Crippen molar-refractivity contribution in [2.24, 2.45) is 14.1 Å². The van der Waals surface area contributed by atoms with E-state index in [1.807, 2.05) is 0 Å². The quantitative estimate of drug-likeness (QED) is 0.406. The molecule has 3 aliphatic carbocycles. The number of hydrogen-bond acceptors (Lipinski definition) is 6. The van der Waals surface area contributed by atoms with Crippen LogP contribution in [0.1, 0.15) is 40.5 Å². The number of nitrogens with zero attached hydrogens (tertiary/aromatic N) is 5. The molecule has 10 nitrogen and oxygen atoms in total. The molecule has 2 heterocycles. The zero-order valence-corrected chi connectivity index (χ0v) is 22.6. The summed E-state index contributed by atoms with van der Waals surface area (Å²) in [5.74, 6) is -0.179. The minimum Gasteiger partial charge on any atom is -0.480 e. The number of aryl methyl sites for hydroxylation is 1. The maximum atomic E-state index is 11.9. The van der Waals surface area contributed by atoms with Gasteiger partial charge in [-0.05, 0) is 42.8 Å². The van der Waals surface area contributed by atoms with Crippen molar-refractivity contribution in [2.45, 2.75) is 30.9 Å². The molecule has 2 bridgehead atoms. The molecule has 39 heavy (non-hydrogen) atoms. The SMILES string of the molecule is CN(C)CCOC1CC2c3ccccc3C1c1ccccc12.Cn1c(=O)c2c(ncn2CC(=O)O)n(C)c1=O. The second-order valence-electron chi connectivity index (χ2n) is 10.4. The number of ether oxygens (including phenoxy) is 1. The largest absolute Gasteiger partial charge is 0.480 e. The van der Waals surface area contributed by atoms with E-state index < -0.39 is 17.2 Å². The van der Waals surface area contributed by atoms with E-state index in [2.05, 4.69) is 72.5 Å². The topological polar surface area (TPSA) is 112 Å². The smallest absolute Gasteiger partial charge is 0.332 e. The van der Waals surface area contributed by atoms with Crippen LogP contribution in [-0.2, 0) is 30.2 Å². The number of hydrogen-bond donors (Lipinski definition) is 1. The fraction of sp³-hybridized carbons (Fsp3) is 0.379. The third-order valence-corrected chi connectivity index (χ3v) is 7.65. The van der Waals surface area contributed by atoms with Crippen molar-refractivity contribution in [3.63, 3.8) is 0 Å². The highest BCUT2D eigenvalue weighted by molar-refractivity contribution is 5.74. The Labute approximate surface area is 225 Å². The predicted octanol–water partition coefficient (Wildman–Crippen LogP) is 2.13. The molecule has 2 aromatic heterocycles. The van der Waals surface area contributed by atoms with Crippen LogP contribution in [-0.4, -0.2) is 68.0 Å². The molecule has 10 heteroatoms. The number of carboxylic acids is 1. The fourth-order valence-electron chi connectivity index (χ4n) is 5.79. The molecular weight excluding hydrogens is 498 g/mol. The normalized spacial score (nSPS) is 18.9. The number of imidazole rings is 1. The molecule has 0 radical (unpaired) electrons. The van der Waals surface area contributed by atoms with Gasteiger partial charge >= 0.3 is 11.7 Å². The average molecular weight is 532 g/mol. The van der Waals surface area contributed by atoms with Crippen molar-refractivity contribution in [2.75, 3.05) is 27.2 Å². The van der Waals surface area contributed by atoms with Crippen LogP contribution in [0.25, 0.3) is 11.2 Å².